The number of benzene rings is 1. The Bertz CT molecular complexity index is 574. The van der Waals surface area contributed by atoms with E-state index in [0.717, 1.165) is 38.7 Å². The van der Waals surface area contributed by atoms with Crippen LogP contribution in [0.2, 0.25) is 0 Å². The van der Waals surface area contributed by atoms with Gasteiger partial charge in [0.25, 0.3) is 0 Å². The van der Waals surface area contributed by atoms with Crippen LogP contribution in [-0.4, -0.2) is 62.7 Å². The first-order valence-corrected chi connectivity index (χ1v) is 9.90. The number of piperazine rings is 1. The maximum absolute atomic E-state index is 4.28. The van der Waals surface area contributed by atoms with Gasteiger partial charge in [-0.2, -0.15) is 0 Å². The van der Waals surface area contributed by atoms with Gasteiger partial charge in [-0.3, -0.25) is 9.89 Å². The molecule has 0 saturated carbocycles. The number of hydrogen-bond acceptors (Lipinski definition) is 3. The monoisotopic (exact) mass is 487 g/mol. The molecular weight excluding hydrogens is 449 g/mol. The van der Waals surface area contributed by atoms with Crippen LogP contribution >= 0.6 is 24.0 Å². The second-order valence-corrected chi connectivity index (χ2v) is 8.25. The number of unbranched alkanes of at least 4 members (excludes halogenated alkanes) is 1. The molecule has 0 aromatic heterocycles. The summed E-state index contributed by atoms with van der Waals surface area (Å²) in [5.41, 5.74) is 2.75. The summed E-state index contributed by atoms with van der Waals surface area (Å²) >= 11 is 0. The Morgan fingerprint density at radius 1 is 1.11 bits per heavy atom. The molecule has 6 heteroatoms. The third-order valence-electron chi connectivity index (χ3n) is 4.65. The second-order valence-electron chi connectivity index (χ2n) is 8.25. The first-order valence-electron chi connectivity index (χ1n) is 9.90. The van der Waals surface area contributed by atoms with Crippen molar-refractivity contribution in [3.8, 4) is 0 Å². The summed E-state index contributed by atoms with van der Waals surface area (Å²) in [5, 5.41) is 6.80. The van der Waals surface area contributed by atoms with Crippen LogP contribution in [0, 0.1) is 6.92 Å². The fourth-order valence-electron chi connectivity index (χ4n) is 3.26. The topological polar surface area (TPSA) is 42.9 Å². The van der Waals surface area contributed by atoms with Crippen LogP contribution in [-0.2, 0) is 0 Å². The summed E-state index contributed by atoms with van der Waals surface area (Å²) in [5.74, 6) is 0.893. The van der Waals surface area contributed by atoms with Crippen molar-refractivity contribution < 1.29 is 0 Å². The van der Waals surface area contributed by atoms with Gasteiger partial charge in [0.1, 0.15) is 0 Å². The molecule has 0 radical (unpaired) electrons. The summed E-state index contributed by atoms with van der Waals surface area (Å²) in [6.45, 7) is 15.4. The van der Waals surface area contributed by atoms with Crippen molar-refractivity contribution >= 4 is 35.6 Å². The van der Waals surface area contributed by atoms with E-state index in [1.807, 2.05) is 7.05 Å². The van der Waals surface area contributed by atoms with Crippen LogP contribution in [0.5, 0.6) is 0 Å². The van der Waals surface area contributed by atoms with Gasteiger partial charge < -0.3 is 15.5 Å². The van der Waals surface area contributed by atoms with E-state index in [1.165, 1.54) is 30.6 Å². The summed E-state index contributed by atoms with van der Waals surface area (Å²) < 4.78 is 0. The standard InChI is InChI=1S/C21H37N5.HI/c1-18-9-8-10-19(17-18)26-15-13-25(14-16-26)12-7-6-11-23-20(22-5)24-21(2,3)4;/h8-10,17H,6-7,11-16H2,1-5H3,(H2,22,23,24);1H. The lowest BCUT2D eigenvalue weighted by atomic mass is 10.1. The quantitative estimate of drug-likeness (QED) is 0.279. The largest absolute Gasteiger partial charge is 0.369 e. The van der Waals surface area contributed by atoms with Gasteiger partial charge in [0, 0.05) is 51.0 Å². The molecule has 0 unspecified atom stereocenters. The van der Waals surface area contributed by atoms with E-state index in [2.05, 4.69) is 77.4 Å². The zero-order valence-electron chi connectivity index (χ0n) is 17.7. The molecule has 1 fully saturated rings. The van der Waals surface area contributed by atoms with Crippen LogP contribution < -0.4 is 15.5 Å². The molecule has 27 heavy (non-hydrogen) atoms. The summed E-state index contributed by atoms with van der Waals surface area (Å²) in [6.07, 6.45) is 2.40. The minimum atomic E-state index is 0. The molecule has 2 N–H and O–H groups in total. The normalized spacial score (nSPS) is 16.0. The van der Waals surface area contributed by atoms with Crippen molar-refractivity contribution in [2.24, 2.45) is 4.99 Å². The van der Waals surface area contributed by atoms with Gasteiger partial charge in [0.05, 0.1) is 0 Å². The molecule has 1 aliphatic rings. The van der Waals surface area contributed by atoms with Crippen molar-refractivity contribution in [1.82, 2.24) is 15.5 Å². The molecule has 0 bridgehead atoms. The lowest BCUT2D eigenvalue weighted by Crippen LogP contribution is -2.48. The van der Waals surface area contributed by atoms with E-state index in [9.17, 15) is 0 Å². The van der Waals surface area contributed by atoms with Crippen LogP contribution in [0.25, 0.3) is 0 Å². The first-order chi connectivity index (χ1) is 12.4. The minimum Gasteiger partial charge on any atom is -0.369 e. The highest BCUT2D eigenvalue weighted by atomic mass is 127. The number of halogens is 1. The molecule has 2 rings (SSSR count). The Hall–Kier alpha value is -1.02. The Morgan fingerprint density at radius 3 is 2.41 bits per heavy atom. The van der Waals surface area contributed by atoms with Crippen LogP contribution in [0.4, 0.5) is 5.69 Å². The second kappa shape index (κ2) is 11.7. The maximum Gasteiger partial charge on any atom is 0.191 e. The Balaban J connectivity index is 0.00000364. The third kappa shape index (κ3) is 9.14. The number of aliphatic imine (C=N–C) groups is 1. The van der Waals surface area contributed by atoms with Crippen LogP contribution in [0.3, 0.4) is 0 Å². The van der Waals surface area contributed by atoms with Crippen LogP contribution in [0.15, 0.2) is 29.3 Å². The van der Waals surface area contributed by atoms with Crippen molar-refractivity contribution in [1.29, 1.82) is 0 Å². The van der Waals surface area contributed by atoms with Crippen molar-refractivity contribution in [2.75, 3.05) is 51.2 Å². The molecular formula is C21H38IN5. The highest BCUT2D eigenvalue weighted by Gasteiger charge is 2.17. The minimum absolute atomic E-state index is 0. The van der Waals surface area contributed by atoms with Gasteiger partial charge >= 0.3 is 0 Å². The van der Waals surface area contributed by atoms with Crippen LogP contribution in [0.1, 0.15) is 39.2 Å². The smallest absolute Gasteiger partial charge is 0.191 e. The molecule has 154 valence electrons. The molecule has 1 heterocycles. The van der Waals surface area contributed by atoms with E-state index in [0.29, 0.717) is 0 Å². The molecule has 0 amide bonds. The number of hydrogen-bond donors (Lipinski definition) is 2. The van der Waals surface area contributed by atoms with Gasteiger partial charge in [0.15, 0.2) is 5.96 Å². The maximum atomic E-state index is 4.28. The molecule has 1 aliphatic heterocycles. The summed E-state index contributed by atoms with van der Waals surface area (Å²) in [4.78, 5) is 9.38. The molecule has 0 atom stereocenters. The third-order valence-corrected chi connectivity index (χ3v) is 4.65. The average molecular weight is 487 g/mol. The van der Waals surface area contributed by atoms with E-state index in [-0.39, 0.29) is 29.5 Å². The summed E-state index contributed by atoms with van der Waals surface area (Å²) in [7, 11) is 1.83. The highest BCUT2D eigenvalue weighted by molar-refractivity contribution is 14.0. The molecule has 5 nitrogen and oxygen atoms in total. The molecule has 1 aromatic rings. The van der Waals surface area contributed by atoms with Gasteiger partial charge in [-0.1, -0.05) is 12.1 Å². The summed E-state index contributed by atoms with van der Waals surface area (Å²) in [6, 6.07) is 8.85. The molecule has 0 spiro atoms. The predicted octanol–water partition coefficient (Wildman–Crippen LogP) is 3.48. The predicted molar refractivity (Wildman–Crippen MR) is 129 cm³/mol. The number of guanidine groups is 1. The number of anilines is 1. The Kier molecular flexibility index (Phi) is 10.4. The zero-order valence-corrected chi connectivity index (χ0v) is 20.0. The van der Waals surface area contributed by atoms with E-state index >= 15 is 0 Å². The van der Waals surface area contributed by atoms with Gasteiger partial charge in [0.2, 0.25) is 0 Å². The molecule has 1 saturated heterocycles. The average Bonchev–Trinajstić information content (AvgIpc) is 2.60. The number of nitrogens with zero attached hydrogens (tertiary/aromatic N) is 3. The van der Waals surface area contributed by atoms with Gasteiger partial charge in [-0.15, -0.1) is 24.0 Å². The van der Waals surface area contributed by atoms with Crippen molar-refractivity contribution in [2.45, 2.75) is 46.1 Å². The number of aryl methyl sites for hydroxylation is 1. The SMILES string of the molecule is CN=C(NCCCCN1CCN(c2cccc(C)c2)CC1)NC(C)(C)C.I. The van der Waals surface area contributed by atoms with Gasteiger partial charge in [-0.05, 0) is 64.8 Å². The van der Waals surface area contributed by atoms with Crippen molar-refractivity contribution in [3.05, 3.63) is 29.8 Å². The molecule has 1 aromatic carbocycles. The van der Waals surface area contributed by atoms with Gasteiger partial charge in [-0.25, -0.2) is 0 Å². The van der Waals surface area contributed by atoms with E-state index in [1.54, 1.807) is 0 Å². The lowest BCUT2D eigenvalue weighted by molar-refractivity contribution is 0.253. The zero-order chi connectivity index (χ0) is 19.0. The fourth-order valence-corrected chi connectivity index (χ4v) is 3.26. The highest BCUT2D eigenvalue weighted by Crippen LogP contribution is 2.17. The fraction of sp³-hybridized carbons (Fsp3) is 0.667. The van der Waals surface area contributed by atoms with E-state index in [4.69, 9.17) is 0 Å². The molecule has 0 aliphatic carbocycles. The van der Waals surface area contributed by atoms with Crippen molar-refractivity contribution in [3.63, 3.8) is 0 Å². The Labute approximate surface area is 183 Å². The number of rotatable bonds is 6. The first kappa shape index (κ1) is 24.0. The number of nitrogens with one attached hydrogen (secondary N) is 2. The van der Waals surface area contributed by atoms with E-state index < -0.39 is 0 Å². The Morgan fingerprint density at radius 2 is 1.81 bits per heavy atom. The lowest BCUT2D eigenvalue weighted by Gasteiger charge is -2.36.